The highest BCUT2D eigenvalue weighted by atomic mass is 16.8. The monoisotopic (exact) mass is 1240 g/mol. The zero-order valence-electron chi connectivity index (χ0n) is 50.4. The molecule has 9 aliphatic rings. The molecule has 496 valence electrons. The van der Waals surface area contributed by atoms with E-state index in [9.17, 15) is 81.7 Å². The van der Waals surface area contributed by atoms with Crippen molar-refractivity contribution in [2.75, 3.05) is 33.0 Å². The van der Waals surface area contributed by atoms with Gasteiger partial charge in [-0.05, 0) is 112 Å². The van der Waals surface area contributed by atoms with E-state index in [4.69, 9.17) is 47.4 Å². The lowest BCUT2D eigenvalue weighted by atomic mass is 9.35. The van der Waals surface area contributed by atoms with Gasteiger partial charge in [0.1, 0.15) is 122 Å². The largest absolute Gasteiger partial charge is 0.394 e. The molecular formula is C59H98O27. The first-order valence-electron chi connectivity index (χ1n) is 30.7. The van der Waals surface area contributed by atoms with E-state index in [1.165, 1.54) is 0 Å². The second-order valence-corrected chi connectivity index (χ2v) is 28.0. The van der Waals surface area contributed by atoms with Crippen molar-refractivity contribution < 1.29 is 134 Å². The Morgan fingerprint density at radius 3 is 1.67 bits per heavy atom. The highest BCUT2D eigenvalue weighted by molar-refractivity contribution is 5.84. The predicted octanol–water partition coefficient (Wildman–Crippen LogP) is -3.53. The van der Waals surface area contributed by atoms with Crippen molar-refractivity contribution in [1.29, 1.82) is 0 Å². The number of rotatable bonds is 18. The number of carbonyl (C=O) groups excluding carboxylic acids is 1. The Morgan fingerprint density at radius 1 is 0.558 bits per heavy atom. The molecule has 0 bridgehead atoms. The summed E-state index contributed by atoms with van der Waals surface area (Å²) in [5.74, 6) is -1.04. The van der Waals surface area contributed by atoms with E-state index in [0.29, 0.717) is 44.9 Å². The zero-order valence-corrected chi connectivity index (χ0v) is 50.4. The first kappa shape index (κ1) is 68.7. The van der Waals surface area contributed by atoms with Crippen LogP contribution in [0.2, 0.25) is 0 Å². The molecule has 5 heterocycles. The van der Waals surface area contributed by atoms with Crippen LogP contribution in [0, 0.1) is 45.3 Å². The highest BCUT2D eigenvalue weighted by Crippen LogP contribution is 2.75. The van der Waals surface area contributed by atoms with Crippen LogP contribution in [0.3, 0.4) is 0 Å². The molecule has 9 fully saturated rings. The SMILES string of the molecule is CC(C)=CCC[C@](C)(O[C@@H]1O[C@H](CO[C@@H]2O[C@H](CO)[C@@H](O)[C@H](O)[C@H]2O)[C@@H](O)[C@H](O)[C@H]1O)[C@H]1CC[C@]2(C)[C@@H]1C(=O)C[C@@H]1[C@@]3(C)CC[C@H](O[C@@H]4O[C@H](CO[C@@H]5OC[C@@H](O)[C@H](O)[C@H]5O)[C@@H](O)[C@H](O)[C@H]4O[C@@H]4O[C@H](CO)[C@@H](O)[C@H](O)[C@H]4O)C(C)(C)[C@@H]3CC[C@]12C. The molecule has 16 N–H and O–H groups in total. The predicted molar refractivity (Wildman–Crippen MR) is 292 cm³/mol. The number of ketones is 1. The highest BCUT2D eigenvalue weighted by Gasteiger charge is 2.72. The average Bonchev–Trinajstić information content (AvgIpc) is 1.22. The van der Waals surface area contributed by atoms with E-state index in [-0.39, 0.29) is 30.6 Å². The van der Waals surface area contributed by atoms with Crippen LogP contribution < -0.4 is 0 Å². The third-order valence-corrected chi connectivity index (χ3v) is 22.4. The number of allylic oxidation sites excluding steroid dienone is 2. The van der Waals surface area contributed by atoms with Gasteiger partial charge in [-0.3, -0.25) is 4.79 Å². The first-order valence-corrected chi connectivity index (χ1v) is 30.7. The Morgan fingerprint density at radius 2 is 1.07 bits per heavy atom. The molecule has 0 radical (unpaired) electrons. The van der Waals surface area contributed by atoms with Crippen LogP contribution in [-0.2, 0) is 52.2 Å². The summed E-state index contributed by atoms with van der Waals surface area (Å²) in [6.45, 7) is 13.8. The molecule has 86 heavy (non-hydrogen) atoms. The van der Waals surface area contributed by atoms with Crippen LogP contribution in [-0.4, -0.2) is 280 Å². The molecule has 0 aromatic heterocycles. The summed E-state index contributed by atoms with van der Waals surface area (Å²) >= 11 is 0. The third-order valence-electron chi connectivity index (χ3n) is 22.4. The number of fused-ring (bicyclic) bond motifs is 5. The summed E-state index contributed by atoms with van der Waals surface area (Å²) in [7, 11) is 0. The normalized spacial score (nSPS) is 52.1. The molecule has 0 aromatic carbocycles. The van der Waals surface area contributed by atoms with E-state index in [0.717, 1.165) is 12.0 Å². The molecule has 27 heteroatoms. The van der Waals surface area contributed by atoms with Gasteiger partial charge in [0, 0.05) is 12.3 Å². The molecule has 0 aromatic rings. The number of aliphatic hydroxyl groups is 16. The lowest BCUT2D eigenvalue weighted by Gasteiger charge is -2.69. The number of aliphatic hydroxyl groups excluding tert-OH is 16. The van der Waals surface area contributed by atoms with E-state index < -0.39 is 219 Å². The van der Waals surface area contributed by atoms with Crippen molar-refractivity contribution in [2.24, 2.45) is 45.3 Å². The lowest BCUT2D eigenvalue weighted by Crippen LogP contribution is -2.67. The van der Waals surface area contributed by atoms with Crippen molar-refractivity contribution in [2.45, 2.75) is 272 Å². The van der Waals surface area contributed by atoms with E-state index in [2.05, 4.69) is 40.7 Å². The Hall–Kier alpha value is -1.63. The van der Waals surface area contributed by atoms with Crippen LogP contribution in [0.5, 0.6) is 0 Å². The summed E-state index contributed by atoms with van der Waals surface area (Å²) in [6.07, 6.45) is -33.0. The Labute approximate surface area is 500 Å². The standard InChI is InChI=1S/C59H98O27/c1-24(2)10-9-14-59(8,86-53-48(76)43(71)39(67)30(82-53)23-79-51-46(74)41(69)37(65)28(19-60)80-51)25-11-16-58(7)35(25)26(62)18-33-56(5)15-13-34(55(3,4)32(56)12-17-57(33,58)6)84-54-49(85-52-47(75)42(70)38(66)29(20-61)81-52)44(72)40(68)31(83-54)22-78-50-45(73)36(64)27(63)21-77-50/h10,25,27-54,60-61,63-76H,9,11-23H2,1-8H3/t25-,27+,28+,29+,30+,31+,32-,33+,34-,35-,36-,37+,38+,39+,40+,41-,42-,43-,44-,45+,46+,47+,48+,49+,50-,51+,52-,53-,54-,56-,57+,58+,59-/m0/s1. The van der Waals surface area contributed by atoms with Gasteiger partial charge in [-0.2, -0.15) is 0 Å². The van der Waals surface area contributed by atoms with Gasteiger partial charge in [-0.1, -0.05) is 46.3 Å². The summed E-state index contributed by atoms with van der Waals surface area (Å²) < 4.78 is 60.6. The Bertz CT molecular complexity index is 2310. The fourth-order valence-electron chi connectivity index (χ4n) is 17.0. The molecule has 33 atom stereocenters. The second-order valence-electron chi connectivity index (χ2n) is 28.0. The van der Waals surface area contributed by atoms with E-state index in [1.54, 1.807) is 0 Å². The van der Waals surface area contributed by atoms with Crippen LogP contribution in [0.25, 0.3) is 0 Å². The molecule has 9 rings (SSSR count). The smallest absolute Gasteiger partial charge is 0.187 e. The topological polar surface area (TPSA) is 433 Å². The van der Waals surface area contributed by atoms with Gasteiger partial charge in [0.15, 0.2) is 31.5 Å². The summed E-state index contributed by atoms with van der Waals surface area (Å²) in [5, 5.41) is 172. The maximum atomic E-state index is 15.5. The van der Waals surface area contributed by atoms with Crippen molar-refractivity contribution in [3.05, 3.63) is 11.6 Å². The van der Waals surface area contributed by atoms with Crippen molar-refractivity contribution >= 4 is 5.78 Å². The van der Waals surface area contributed by atoms with E-state index >= 15 is 4.79 Å². The number of ether oxygens (including phenoxy) is 10. The molecule has 27 nitrogen and oxygen atoms in total. The van der Waals surface area contributed by atoms with Crippen LogP contribution >= 0.6 is 0 Å². The van der Waals surface area contributed by atoms with E-state index in [1.807, 2.05) is 20.8 Å². The molecule has 0 spiro atoms. The number of hydrogen-bond acceptors (Lipinski definition) is 27. The van der Waals surface area contributed by atoms with Gasteiger partial charge in [0.2, 0.25) is 0 Å². The minimum Gasteiger partial charge on any atom is -0.394 e. The third kappa shape index (κ3) is 12.3. The maximum Gasteiger partial charge on any atom is 0.187 e. The number of carbonyl (C=O) groups is 1. The van der Waals surface area contributed by atoms with Crippen molar-refractivity contribution in [3.8, 4) is 0 Å². The Kier molecular flexibility index (Phi) is 21.1. The lowest BCUT2D eigenvalue weighted by molar-refractivity contribution is -0.381. The van der Waals surface area contributed by atoms with Crippen LogP contribution in [0.15, 0.2) is 11.6 Å². The van der Waals surface area contributed by atoms with Crippen LogP contribution in [0.1, 0.15) is 113 Å². The summed E-state index contributed by atoms with van der Waals surface area (Å²) in [6, 6.07) is 0. The average molecular weight is 1240 g/mol. The van der Waals surface area contributed by atoms with Crippen molar-refractivity contribution in [3.63, 3.8) is 0 Å². The molecule has 4 aliphatic carbocycles. The quantitative estimate of drug-likeness (QED) is 0.0467. The number of hydrogen-bond donors (Lipinski definition) is 16. The first-order chi connectivity index (χ1) is 40.3. The fourth-order valence-corrected chi connectivity index (χ4v) is 17.0. The van der Waals surface area contributed by atoms with Gasteiger partial charge in [0.05, 0.1) is 44.7 Å². The molecule has 0 amide bonds. The van der Waals surface area contributed by atoms with Crippen LogP contribution in [0.4, 0.5) is 0 Å². The molecular weight excluding hydrogens is 1140 g/mol. The molecule has 0 unspecified atom stereocenters. The zero-order chi connectivity index (χ0) is 63.1. The van der Waals surface area contributed by atoms with Gasteiger partial charge >= 0.3 is 0 Å². The van der Waals surface area contributed by atoms with Gasteiger partial charge in [0.25, 0.3) is 0 Å². The van der Waals surface area contributed by atoms with Gasteiger partial charge < -0.3 is 129 Å². The second kappa shape index (κ2) is 26.4. The molecule has 5 saturated heterocycles. The fraction of sp³-hybridized carbons (Fsp3) is 0.949. The van der Waals surface area contributed by atoms with Gasteiger partial charge in [-0.25, -0.2) is 0 Å². The minimum atomic E-state index is -1.90. The van der Waals surface area contributed by atoms with Gasteiger partial charge in [-0.15, -0.1) is 0 Å². The summed E-state index contributed by atoms with van der Waals surface area (Å²) in [4.78, 5) is 15.5. The summed E-state index contributed by atoms with van der Waals surface area (Å²) in [5.41, 5.74) is -2.23. The molecule has 4 saturated carbocycles. The Balaban J connectivity index is 0.939. The molecule has 5 aliphatic heterocycles. The minimum absolute atomic E-state index is 0.0698. The maximum absolute atomic E-state index is 15.5. The van der Waals surface area contributed by atoms with Crippen molar-refractivity contribution in [1.82, 2.24) is 0 Å². The number of Topliss-reactive ketones (excluding diaryl/α,β-unsaturated/α-hetero) is 1.